The van der Waals surface area contributed by atoms with Crippen molar-refractivity contribution in [3.63, 3.8) is 0 Å². The lowest BCUT2D eigenvalue weighted by Gasteiger charge is -2.15. The maximum atomic E-state index is 13.3. The molecule has 0 saturated heterocycles. The van der Waals surface area contributed by atoms with Gasteiger partial charge in [-0.2, -0.15) is 13.2 Å². The minimum atomic E-state index is -4.94. The van der Waals surface area contributed by atoms with E-state index in [4.69, 9.17) is 4.74 Å². The molecule has 0 aromatic heterocycles. The number of esters is 1. The van der Waals surface area contributed by atoms with Crippen LogP contribution in [0.15, 0.2) is 54.1 Å². The van der Waals surface area contributed by atoms with Crippen LogP contribution < -0.4 is 10.6 Å². The van der Waals surface area contributed by atoms with Crippen LogP contribution in [0.25, 0.3) is 0 Å². The largest absolute Gasteiger partial charge is 0.452 e. The van der Waals surface area contributed by atoms with Crippen LogP contribution in [0.1, 0.15) is 48.0 Å². The second-order valence-corrected chi connectivity index (χ2v) is 7.94. The van der Waals surface area contributed by atoms with Gasteiger partial charge in [-0.1, -0.05) is 23.8 Å². The lowest BCUT2D eigenvalue weighted by molar-refractivity contribution is -0.385. The fourth-order valence-electron chi connectivity index (χ4n) is 3.69. The molecule has 1 aliphatic carbocycles. The topological polar surface area (TPSA) is 111 Å². The number of nitrogens with zero attached hydrogens (tertiary/aromatic N) is 1. The van der Waals surface area contributed by atoms with Gasteiger partial charge in [-0.15, -0.1) is 0 Å². The molecule has 1 aliphatic rings. The summed E-state index contributed by atoms with van der Waals surface area (Å²) in [6.07, 6.45) is 2.63. The molecule has 0 saturated carbocycles. The summed E-state index contributed by atoms with van der Waals surface area (Å²) in [4.78, 5) is 34.5. The molecule has 186 valence electrons. The molecule has 0 heterocycles. The average molecular weight is 491 g/mol. The van der Waals surface area contributed by atoms with Crippen LogP contribution in [0.3, 0.4) is 0 Å². The first-order valence-corrected chi connectivity index (χ1v) is 11.0. The van der Waals surface area contributed by atoms with E-state index in [-0.39, 0.29) is 5.56 Å². The quantitative estimate of drug-likeness (QED) is 0.201. The Morgan fingerprint density at radius 1 is 1.09 bits per heavy atom. The van der Waals surface area contributed by atoms with Gasteiger partial charge >= 0.3 is 12.1 Å². The zero-order chi connectivity index (χ0) is 25.4. The number of nitrogens with one attached hydrogen (secondary N) is 2. The molecule has 0 atom stereocenters. The van der Waals surface area contributed by atoms with E-state index in [1.54, 1.807) is 18.2 Å². The summed E-state index contributed by atoms with van der Waals surface area (Å²) in [6.45, 7) is -0.231. The predicted molar refractivity (Wildman–Crippen MR) is 123 cm³/mol. The number of hydrogen-bond donors (Lipinski definition) is 2. The number of nitro benzene ring substituents is 1. The normalized spacial score (nSPS) is 13.5. The van der Waals surface area contributed by atoms with E-state index in [0.717, 1.165) is 31.4 Å². The third-order valence-corrected chi connectivity index (χ3v) is 5.42. The molecule has 3 rings (SSSR count). The van der Waals surface area contributed by atoms with Gasteiger partial charge in [0.25, 0.3) is 11.6 Å². The van der Waals surface area contributed by atoms with Gasteiger partial charge in [0.2, 0.25) is 0 Å². The average Bonchev–Trinajstić information content (AvgIpc) is 2.83. The summed E-state index contributed by atoms with van der Waals surface area (Å²) in [5.74, 6) is -1.84. The van der Waals surface area contributed by atoms with Crippen LogP contribution in [0.5, 0.6) is 0 Å². The third-order valence-electron chi connectivity index (χ3n) is 5.42. The van der Waals surface area contributed by atoms with Crippen LogP contribution in [0.2, 0.25) is 0 Å². The molecule has 1 amide bonds. The molecule has 8 nitrogen and oxygen atoms in total. The van der Waals surface area contributed by atoms with Crippen molar-refractivity contribution in [2.45, 2.75) is 38.3 Å². The number of non-ortho nitro benzene ring substituents is 1. The monoisotopic (exact) mass is 491 g/mol. The number of rotatable bonds is 9. The summed E-state index contributed by atoms with van der Waals surface area (Å²) in [7, 11) is 0. The first-order valence-electron chi connectivity index (χ1n) is 11.0. The van der Waals surface area contributed by atoms with Crippen LogP contribution >= 0.6 is 0 Å². The van der Waals surface area contributed by atoms with Gasteiger partial charge in [-0.3, -0.25) is 14.9 Å². The highest BCUT2D eigenvalue weighted by Gasteiger charge is 2.35. The van der Waals surface area contributed by atoms with Gasteiger partial charge in [0.1, 0.15) is 0 Å². The van der Waals surface area contributed by atoms with Gasteiger partial charge in [0.05, 0.1) is 21.7 Å². The number of amides is 1. The van der Waals surface area contributed by atoms with Crippen LogP contribution in [0, 0.1) is 10.1 Å². The predicted octanol–water partition coefficient (Wildman–Crippen LogP) is 5.71. The van der Waals surface area contributed by atoms with E-state index in [1.165, 1.54) is 24.5 Å². The minimum Gasteiger partial charge on any atom is -0.452 e. The Labute approximate surface area is 199 Å². The first-order chi connectivity index (χ1) is 16.6. The van der Waals surface area contributed by atoms with Crippen molar-refractivity contribution >= 4 is 28.9 Å². The standard InChI is InChI=1S/C24H24F3N3O5/c25-24(26,27)19-14-17(30(33)34)10-11-21(19)29-22(31)15-35-23(32)18-8-4-5-9-20(18)28-13-12-16-6-2-1-3-7-16/h4-6,8-11,14,28H,1-3,7,12-13,15H2,(H,29,31). The number of carbonyl (C=O) groups is 2. The molecule has 0 unspecified atom stereocenters. The molecular weight excluding hydrogens is 467 g/mol. The van der Waals surface area contributed by atoms with E-state index in [0.29, 0.717) is 18.3 Å². The summed E-state index contributed by atoms with van der Waals surface area (Å²) >= 11 is 0. The van der Waals surface area contributed by atoms with Crippen molar-refractivity contribution in [1.29, 1.82) is 0 Å². The number of nitro groups is 1. The van der Waals surface area contributed by atoms with Crippen LogP contribution in [-0.2, 0) is 15.7 Å². The Hall–Kier alpha value is -3.89. The zero-order valence-electron chi connectivity index (χ0n) is 18.7. The highest BCUT2D eigenvalue weighted by molar-refractivity contribution is 5.98. The number of benzene rings is 2. The van der Waals surface area contributed by atoms with Crippen LogP contribution in [-0.4, -0.2) is 30.0 Å². The lowest BCUT2D eigenvalue weighted by Crippen LogP contribution is -2.23. The molecule has 35 heavy (non-hydrogen) atoms. The molecule has 0 fully saturated rings. The van der Waals surface area contributed by atoms with E-state index in [1.807, 2.05) is 5.32 Å². The van der Waals surface area contributed by atoms with Crippen molar-refractivity contribution in [3.8, 4) is 0 Å². The van der Waals surface area contributed by atoms with Crippen molar-refractivity contribution in [3.05, 3.63) is 75.4 Å². The number of para-hydroxylation sites is 1. The fraction of sp³-hybridized carbons (Fsp3) is 0.333. The maximum Gasteiger partial charge on any atom is 0.418 e. The van der Waals surface area contributed by atoms with Crippen molar-refractivity contribution in [2.24, 2.45) is 0 Å². The molecule has 2 N–H and O–H groups in total. The van der Waals surface area contributed by atoms with E-state index < -0.39 is 46.5 Å². The molecule has 11 heteroatoms. The Kier molecular flexibility index (Phi) is 8.45. The Balaban J connectivity index is 1.59. The van der Waals surface area contributed by atoms with Crippen molar-refractivity contribution < 1.29 is 32.4 Å². The van der Waals surface area contributed by atoms with E-state index >= 15 is 0 Å². The molecule has 2 aromatic carbocycles. The molecule has 0 aliphatic heterocycles. The fourth-order valence-corrected chi connectivity index (χ4v) is 3.69. The second-order valence-electron chi connectivity index (χ2n) is 7.94. The Morgan fingerprint density at radius 2 is 1.86 bits per heavy atom. The summed E-state index contributed by atoms with van der Waals surface area (Å²) in [5.41, 5.74) is -0.763. The van der Waals surface area contributed by atoms with Crippen LogP contribution in [0.4, 0.5) is 30.2 Å². The summed E-state index contributed by atoms with van der Waals surface area (Å²) in [6, 6.07) is 8.51. The van der Waals surface area contributed by atoms with Crippen molar-refractivity contribution in [1.82, 2.24) is 0 Å². The molecule has 0 spiro atoms. The Morgan fingerprint density at radius 3 is 2.54 bits per heavy atom. The molecule has 2 aromatic rings. The zero-order valence-corrected chi connectivity index (χ0v) is 18.7. The highest BCUT2D eigenvalue weighted by atomic mass is 19.4. The molecule has 0 bridgehead atoms. The number of alkyl halides is 3. The number of ether oxygens (including phenoxy) is 1. The van der Waals surface area contributed by atoms with Gasteiger partial charge < -0.3 is 15.4 Å². The molecule has 0 radical (unpaired) electrons. The van der Waals surface area contributed by atoms with E-state index in [9.17, 15) is 32.9 Å². The van der Waals surface area contributed by atoms with E-state index in [2.05, 4.69) is 11.4 Å². The van der Waals surface area contributed by atoms with Gasteiger partial charge in [-0.25, -0.2) is 4.79 Å². The highest BCUT2D eigenvalue weighted by Crippen LogP contribution is 2.37. The Bertz CT molecular complexity index is 1130. The number of hydrogen-bond acceptors (Lipinski definition) is 6. The number of halogens is 3. The van der Waals surface area contributed by atoms with Gasteiger partial charge in [0, 0.05) is 24.4 Å². The second kappa shape index (κ2) is 11.5. The number of carbonyl (C=O) groups excluding carboxylic acids is 2. The number of allylic oxidation sites excluding steroid dienone is 1. The minimum absolute atomic E-state index is 0.184. The lowest BCUT2D eigenvalue weighted by atomic mass is 9.97. The summed E-state index contributed by atoms with van der Waals surface area (Å²) < 4.78 is 44.8. The SMILES string of the molecule is O=C(COC(=O)c1ccccc1NCCC1=CCCCC1)Nc1ccc([N+](=O)[O-])cc1C(F)(F)F. The smallest absolute Gasteiger partial charge is 0.418 e. The summed E-state index contributed by atoms with van der Waals surface area (Å²) in [5, 5.41) is 16.0. The maximum absolute atomic E-state index is 13.3. The van der Waals surface area contributed by atoms with Crippen molar-refractivity contribution in [2.75, 3.05) is 23.8 Å². The third kappa shape index (κ3) is 7.29. The molecular formula is C24H24F3N3O5. The van der Waals surface area contributed by atoms with Gasteiger partial charge in [0.15, 0.2) is 6.61 Å². The van der Waals surface area contributed by atoms with Gasteiger partial charge in [-0.05, 0) is 50.3 Å². The first kappa shape index (κ1) is 25.7. The number of anilines is 2.